The van der Waals surface area contributed by atoms with Crippen LogP contribution in [-0.4, -0.2) is 33.6 Å². The lowest BCUT2D eigenvalue weighted by Crippen LogP contribution is -2.37. The molecule has 1 aliphatic heterocycles. The summed E-state index contributed by atoms with van der Waals surface area (Å²) in [6.07, 6.45) is 3.82. The Kier molecular flexibility index (Phi) is 4.05. The molecule has 0 saturated carbocycles. The Hall–Kier alpha value is -2.40. The van der Waals surface area contributed by atoms with Gasteiger partial charge in [-0.05, 0) is 36.2 Å². The largest absolute Gasteiger partial charge is 0.497 e. The number of benzene rings is 1. The van der Waals surface area contributed by atoms with Gasteiger partial charge in [0.15, 0.2) is 0 Å². The quantitative estimate of drug-likeness (QED) is 0.941. The Morgan fingerprint density at radius 2 is 2.09 bits per heavy atom. The van der Waals surface area contributed by atoms with Crippen LogP contribution in [0.3, 0.4) is 0 Å². The van der Waals surface area contributed by atoms with Gasteiger partial charge in [-0.15, -0.1) is 0 Å². The molecule has 1 fully saturated rings. The minimum atomic E-state index is -1.34. The Labute approximate surface area is 135 Å². The molecule has 23 heavy (non-hydrogen) atoms. The van der Waals surface area contributed by atoms with E-state index in [4.69, 9.17) is 4.74 Å². The number of carbonyl (C=O) groups excluding carboxylic acids is 1. The Morgan fingerprint density at radius 3 is 2.70 bits per heavy atom. The van der Waals surface area contributed by atoms with E-state index in [1.54, 1.807) is 31.3 Å². The number of hydrogen-bond donors (Lipinski definition) is 1. The summed E-state index contributed by atoms with van der Waals surface area (Å²) in [5.74, 6) is 0.527. The summed E-state index contributed by atoms with van der Waals surface area (Å²) in [7, 11) is 1.62. The van der Waals surface area contributed by atoms with Crippen LogP contribution in [-0.2, 0) is 11.3 Å². The normalized spacial score (nSPS) is 24.0. The summed E-state index contributed by atoms with van der Waals surface area (Å²) in [6, 6.07) is 11.2. The number of hydrogen-bond acceptors (Lipinski definition) is 4. The van der Waals surface area contributed by atoms with Gasteiger partial charge in [0, 0.05) is 25.4 Å². The fourth-order valence-corrected chi connectivity index (χ4v) is 3.01. The molecule has 1 aromatic heterocycles. The van der Waals surface area contributed by atoms with Crippen molar-refractivity contribution in [3.05, 3.63) is 59.9 Å². The molecular weight excluding hydrogens is 292 g/mol. The number of likely N-dealkylation sites (tertiary alicyclic amines) is 1. The third kappa shape index (κ3) is 3.05. The zero-order valence-corrected chi connectivity index (χ0v) is 13.3. The van der Waals surface area contributed by atoms with Crippen LogP contribution in [0.4, 0.5) is 0 Å². The second-order valence-electron chi connectivity index (χ2n) is 6.06. The monoisotopic (exact) mass is 312 g/mol. The molecular formula is C18H20N2O3. The second-order valence-corrected chi connectivity index (χ2v) is 6.06. The molecule has 0 spiro atoms. The summed E-state index contributed by atoms with van der Waals surface area (Å²) in [5, 5.41) is 10.4. The van der Waals surface area contributed by atoms with Crippen LogP contribution in [0.2, 0.25) is 0 Å². The predicted octanol–water partition coefficient (Wildman–Crippen LogP) is 2.31. The molecule has 1 aliphatic rings. The number of amides is 1. The van der Waals surface area contributed by atoms with Gasteiger partial charge in [-0.1, -0.05) is 18.2 Å². The van der Waals surface area contributed by atoms with E-state index in [0.29, 0.717) is 13.0 Å². The minimum Gasteiger partial charge on any atom is -0.497 e. The van der Waals surface area contributed by atoms with Gasteiger partial charge in [-0.3, -0.25) is 9.78 Å². The molecule has 2 atom stereocenters. The molecule has 1 amide bonds. The Morgan fingerprint density at radius 1 is 1.35 bits per heavy atom. The molecule has 120 valence electrons. The first kappa shape index (κ1) is 15.5. The number of rotatable bonds is 4. The Bertz CT molecular complexity index is 683. The summed E-state index contributed by atoms with van der Waals surface area (Å²) in [6.45, 7) is 2.02. The topological polar surface area (TPSA) is 62.7 Å². The van der Waals surface area contributed by atoms with Gasteiger partial charge >= 0.3 is 0 Å². The first-order valence-corrected chi connectivity index (χ1v) is 7.57. The molecule has 3 rings (SSSR count). The van der Waals surface area contributed by atoms with Gasteiger partial charge in [-0.25, -0.2) is 0 Å². The van der Waals surface area contributed by atoms with Crippen molar-refractivity contribution in [1.82, 2.24) is 9.88 Å². The minimum absolute atomic E-state index is 0.173. The molecule has 1 saturated heterocycles. The molecule has 0 radical (unpaired) electrons. The smallest absolute Gasteiger partial charge is 0.255 e. The molecule has 5 heteroatoms. The molecule has 2 aromatic rings. The number of nitrogens with zero attached hydrogens (tertiary/aromatic N) is 2. The van der Waals surface area contributed by atoms with Crippen molar-refractivity contribution in [2.45, 2.75) is 31.5 Å². The van der Waals surface area contributed by atoms with Crippen LogP contribution in [0.5, 0.6) is 5.75 Å². The van der Waals surface area contributed by atoms with Crippen LogP contribution in [0.1, 0.15) is 30.5 Å². The highest BCUT2D eigenvalue weighted by atomic mass is 16.5. The van der Waals surface area contributed by atoms with Gasteiger partial charge in [0.2, 0.25) is 0 Å². The number of carbonyl (C=O) groups is 1. The van der Waals surface area contributed by atoms with Gasteiger partial charge in [0.1, 0.15) is 11.4 Å². The highest BCUT2D eigenvalue weighted by molar-refractivity contribution is 5.87. The molecule has 0 unspecified atom stereocenters. The van der Waals surface area contributed by atoms with E-state index in [1.165, 1.54) is 0 Å². The van der Waals surface area contributed by atoms with E-state index in [9.17, 15) is 9.90 Å². The van der Waals surface area contributed by atoms with Crippen LogP contribution < -0.4 is 4.74 Å². The van der Waals surface area contributed by atoms with E-state index in [1.807, 2.05) is 36.4 Å². The molecule has 0 aliphatic carbocycles. The van der Waals surface area contributed by atoms with Crippen molar-refractivity contribution in [2.24, 2.45) is 0 Å². The molecule has 0 bridgehead atoms. The van der Waals surface area contributed by atoms with Crippen molar-refractivity contribution in [1.29, 1.82) is 0 Å². The number of pyridine rings is 1. The SMILES string of the molecule is COc1ccc(CN2C(=O)[C@@](C)(O)C[C@@H]2c2cccnc2)cc1. The molecule has 2 heterocycles. The maximum atomic E-state index is 12.6. The van der Waals surface area contributed by atoms with E-state index in [2.05, 4.69) is 4.98 Å². The predicted molar refractivity (Wildman–Crippen MR) is 85.8 cm³/mol. The van der Waals surface area contributed by atoms with E-state index in [-0.39, 0.29) is 11.9 Å². The zero-order chi connectivity index (χ0) is 16.4. The second kappa shape index (κ2) is 6.01. The fraction of sp³-hybridized carbons (Fsp3) is 0.333. The lowest BCUT2D eigenvalue weighted by atomic mass is 9.99. The summed E-state index contributed by atoms with van der Waals surface area (Å²) < 4.78 is 5.16. The lowest BCUT2D eigenvalue weighted by molar-refractivity contribution is -0.142. The van der Waals surface area contributed by atoms with Crippen molar-refractivity contribution < 1.29 is 14.6 Å². The average Bonchev–Trinajstić information content (AvgIpc) is 2.80. The summed E-state index contributed by atoms with van der Waals surface area (Å²) >= 11 is 0. The number of methoxy groups -OCH3 is 1. The number of aliphatic hydroxyl groups is 1. The van der Waals surface area contributed by atoms with Crippen LogP contribution >= 0.6 is 0 Å². The zero-order valence-electron chi connectivity index (χ0n) is 13.3. The number of aromatic nitrogens is 1. The average molecular weight is 312 g/mol. The summed E-state index contributed by atoms with van der Waals surface area (Å²) in [5.41, 5.74) is 0.588. The third-order valence-corrected chi connectivity index (χ3v) is 4.27. The lowest BCUT2D eigenvalue weighted by Gasteiger charge is -2.25. The van der Waals surface area contributed by atoms with Crippen molar-refractivity contribution >= 4 is 5.91 Å². The standard InChI is InChI=1S/C18H20N2O3/c1-18(22)10-16(14-4-3-9-19-11-14)20(17(18)21)12-13-5-7-15(23-2)8-6-13/h3-9,11,16,22H,10,12H2,1-2H3/t16-,18+/m1/s1. The van der Waals surface area contributed by atoms with E-state index in [0.717, 1.165) is 16.9 Å². The maximum absolute atomic E-state index is 12.6. The third-order valence-electron chi connectivity index (χ3n) is 4.27. The molecule has 1 aromatic carbocycles. The Balaban J connectivity index is 1.88. The van der Waals surface area contributed by atoms with Gasteiger partial charge in [0.25, 0.3) is 5.91 Å². The van der Waals surface area contributed by atoms with Crippen LogP contribution in [0.25, 0.3) is 0 Å². The first-order chi connectivity index (χ1) is 11.0. The van der Waals surface area contributed by atoms with Crippen molar-refractivity contribution in [3.63, 3.8) is 0 Å². The van der Waals surface area contributed by atoms with Crippen molar-refractivity contribution in [3.8, 4) is 5.75 Å². The summed E-state index contributed by atoms with van der Waals surface area (Å²) in [4.78, 5) is 18.4. The molecule has 1 N–H and O–H groups in total. The fourth-order valence-electron chi connectivity index (χ4n) is 3.01. The van der Waals surface area contributed by atoms with Gasteiger partial charge in [-0.2, -0.15) is 0 Å². The van der Waals surface area contributed by atoms with Gasteiger partial charge in [0.05, 0.1) is 13.2 Å². The van der Waals surface area contributed by atoms with Crippen LogP contribution in [0, 0.1) is 0 Å². The maximum Gasteiger partial charge on any atom is 0.255 e. The van der Waals surface area contributed by atoms with E-state index >= 15 is 0 Å². The first-order valence-electron chi connectivity index (χ1n) is 7.57. The highest BCUT2D eigenvalue weighted by Crippen LogP contribution is 2.39. The highest BCUT2D eigenvalue weighted by Gasteiger charge is 2.47. The number of ether oxygens (including phenoxy) is 1. The van der Waals surface area contributed by atoms with Crippen molar-refractivity contribution in [2.75, 3.05) is 7.11 Å². The van der Waals surface area contributed by atoms with Crippen LogP contribution in [0.15, 0.2) is 48.8 Å². The van der Waals surface area contributed by atoms with E-state index < -0.39 is 5.60 Å². The van der Waals surface area contributed by atoms with Gasteiger partial charge < -0.3 is 14.7 Å². The molecule has 5 nitrogen and oxygen atoms in total.